The maximum Gasteiger partial charge on any atom is 0.312 e. The van der Waals surface area contributed by atoms with Crippen LogP contribution in [0.4, 0.5) is 0 Å². The molecule has 1 aromatic carbocycles. The maximum atomic E-state index is 11.7. The molecule has 1 unspecified atom stereocenters. The summed E-state index contributed by atoms with van der Waals surface area (Å²) < 4.78 is 15.8. The van der Waals surface area contributed by atoms with Crippen LogP contribution in [-0.4, -0.2) is 26.8 Å². The van der Waals surface area contributed by atoms with Gasteiger partial charge in [0.2, 0.25) is 0 Å². The van der Waals surface area contributed by atoms with Crippen molar-refractivity contribution >= 4 is 5.97 Å². The highest BCUT2D eigenvalue weighted by Crippen LogP contribution is 2.33. The maximum absolute atomic E-state index is 11.7. The zero-order valence-electron chi connectivity index (χ0n) is 12.0. The zero-order valence-corrected chi connectivity index (χ0v) is 12.0. The molecule has 1 aliphatic rings. The minimum Gasteiger partial charge on any atom is -0.492 e. The van der Waals surface area contributed by atoms with Crippen molar-refractivity contribution in [2.45, 2.75) is 19.4 Å². The Bertz CT molecular complexity index is 507. The highest BCUT2D eigenvalue weighted by molar-refractivity contribution is 5.73. The van der Waals surface area contributed by atoms with Gasteiger partial charge in [-0.2, -0.15) is 0 Å². The van der Waals surface area contributed by atoms with Crippen molar-refractivity contribution in [2.75, 3.05) is 20.8 Å². The van der Waals surface area contributed by atoms with E-state index >= 15 is 0 Å². The molecule has 0 amide bonds. The molecular weight excluding hydrogens is 256 g/mol. The lowest BCUT2D eigenvalue weighted by atomic mass is 9.92. The van der Waals surface area contributed by atoms with Crippen LogP contribution in [0.1, 0.15) is 16.7 Å². The summed E-state index contributed by atoms with van der Waals surface area (Å²) in [4.78, 5) is 11.7. The van der Waals surface area contributed by atoms with Gasteiger partial charge in [-0.15, -0.1) is 6.58 Å². The van der Waals surface area contributed by atoms with Crippen molar-refractivity contribution in [1.82, 2.24) is 0 Å². The van der Waals surface area contributed by atoms with E-state index in [9.17, 15) is 4.79 Å². The molecule has 0 aromatic heterocycles. The molecule has 20 heavy (non-hydrogen) atoms. The van der Waals surface area contributed by atoms with Gasteiger partial charge in [0.1, 0.15) is 12.4 Å². The summed E-state index contributed by atoms with van der Waals surface area (Å²) >= 11 is 0. The Balaban J connectivity index is 2.33. The van der Waals surface area contributed by atoms with E-state index in [0.29, 0.717) is 19.6 Å². The third-order valence-electron chi connectivity index (χ3n) is 3.41. The fraction of sp³-hybridized carbons (Fsp3) is 0.438. The Kier molecular flexibility index (Phi) is 4.79. The molecule has 0 N–H and O–H groups in total. The van der Waals surface area contributed by atoms with Crippen LogP contribution >= 0.6 is 0 Å². The number of allylic oxidation sites excluding steroid dienone is 1. The number of fused-ring (bicyclic) bond motifs is 1. The Hall–Kier alpha value is -1.81. The van der Waals surface area contributed by atoms with Gasteiger partial charge in [-0.05, 0) is 41.7 Å². The molecule has 4 heteroatoms. The van der Waals surface area contributed by atoms with E-state index in [1.165, 1.54) is 7.11 Å². The van der Waals surface area contributed by atoms with Gasteiger partial charge in [0.05, 0.1) is 19.6 Å². The van der Waals surface area contributed by atoms with Gasteiger partial charge in [-0.1, -0.05) is 6.08 Å². The summed E-state index contributed by atoms with van der Waals surface area (Å²) in [6, 6.07) is 4.11. The first-order valence-corrected chi connectivity index (χ1v) is 6.64. The second-order valence-electron chi connectivity index (χ2n) is 4.90. The lowest BCUT2D eigenvalue weighted by molar-refractivity contribution is -0.146. The molecule has 2 rings (SSSR count). The van der Waals surface area contributed by atoms with Gasteiger partial charge in [0.25, 0.3) is 0 Å². The average molecular weight is 276 g/mol. The minimum atomic E-state index is -0.234. The predicted molar refractivity (Wildman–Crippen MR) is 75.8 cm³/mol. The second-order valence-corrected chi connectivity index (χ2v) is 4.90. The summed E-state index contributed by atoms with van der Waals surface area (Å²) in [6.45, 7) is 4.69. The highest BCUT2D eigenvalue weighted by atomic mass is 16.5. The van der Waals surface area contributed by atoms with Gasteiger partial charge in [0, 0.05) is 7.11 Å². The molecule has 0 radical (unpaired) electrons. The van der Waals surface area contributed by atoms with Crippen LogP contribution in [0.2, 0.25) is 0 Å². The van der Waals surface area contributed by atoms with Crippen LogP contribution in [0.25, 0.3) is 0 Å². The number of methoxy groups -OCH3 is 2. The van der Waals surface area contributed by atoms with Gasteiger partial charge in [-0.25, -0.2) is 0 Å². The Morgan fingerprint density at radius 2 is 2.30 bits per heavy atom. The Morgan fingerprint density at radius 1 is 1.50 bits per heavy atom. The van der Waals surface area contributed by atoms with Gasteiger partial charge in [0.15, 0.2) is 0 Å². The fourth-order valence-electron chi connectivity index (χ4n) is 2.55. The molecular formula is C16H20O4. The van der Waals surface area contributed by atoms with E-state index < -0.39 is 0 Å². The van der Waals surface area contributed by atoms with Crippen LogP contribution in [0.3, 0.4) is 0 Å². The highest BCUT2D eigenvalue weighted by Gasteiger charge is 2.28. The number of hydrogen-bond acceptors (Lipinski definition) is 4. The summed E-state index contributed by atoms with van der Waals surface area (Å²) in [6.07, 6.45) is 3.23. The molecule has 0 spiro atoms. The molecule has 1 aliphatic heterocycles. The average Bonchev–Trinajstić information content (AvgIpc) is 2.46. The molecule has 0 fully saturated rings. The third kappa shape index (κ3) is 3.02. The molecule has 0 saturated carbocycles. The van der Waals surface area contributed by atoms with Gasteiger partial charge in [-0.3, -0.25) is 4.79 Å². The predicted octanol–water partition coefficient (Wildman–Crippen LogP) is 2.29. The molecule has 0 saturated heterocycles. The van der Waals surface area contributed by atoms with Crippen LogP contribution in [-0.2, 0) is 33.7 Å². The van der Waals surface area contributed by atoms with Gasteiger partial charge < -0.3 is 14.2 Å². The quantitative estimate of drug-likeness (QED) is 0.611. The van der Waals surface area contributed by atoms with E-state index in [1.807, 2.05) is 12.1 Å². The second kappa shape index (κ2) is 6.57. The number of rotatable bonds is 5. The lowest BCUT2D eigenvalue weighted by Crippen LogP contribution is -2.29. The van der Waals surface area contributed by atoms with E-state index in [4.69, 9.17) is 14.2 Å². The molecule has 0 aliphatic carbocycles. The van der Waals surface area contributed by atoms with Crippen molar-refractivity contribution < 1.29 is 19.0 Å². The summed E-state index contributed by atoms with van der Waals surface area (Å²) in [5.74, 6) is 0.421. The van der Waals surface area contributed by atoms with Gasteiger partial charge >= 0.3 is 5.97 Å². The Morgan fingerprint density at radius 3 is 2.95 bits per heavy atom. The molecule has 0 bridgehead atoms. The van der Waals surface area contributed by atoms with Crippen LogP contribution in [0.15, 0.2) is 24.8 Å². The third-order valence-corrected chi connectivity index (χ3v) is 3.41. The molecule has 1 heterocycles. The van der Waals surface area contributed by atoms with Crippen molar-refractivity contribution in [2.24, 2.45) is 5.92 Å². The summed E-state index contributed by atoms with van der Waals surface area (Å²) in [5, 5.41) is 0. The first-order chi connectivity index (χ1) is 9.69. The zero-order chi connectivity index (χ0) is 14.5. The smallest absolute Gasteiger partial charge is 0.312 e. The molecule has 1 aromatic rings. The first kappa shape index (κ1) is 14.6. The van der Waals surface area contributed by atoms with E-state index in [1.54, 1.807) is 7.11 Å². The fourth-order valence-corrected chi connectivity index (χ4v) is 2.55. The van der Waals surface area contributed by atoms with E-state index in [2.05, 4.69) is 12.6 Å². The lowest BCUT2D eigenvalue weighted by Gasteiger charge is -2.26. The summed E-state index contributed by atoms with van der Waals surface area (Å²) in [7, 11) is 3.07. The molecule has 108 valence electrons. The standard InChI is InChI=1S/C16H20O4/c1-4-5-12-6-11(9-18-2)7-13-8-14(16(17)19-3)10-20-15(12)13/h4,6-7,14H,1,5,8-10H2,2-3H3. The largest absolute Gasteiger partial charge is 0.492 e. The number of hydrogen-bond donors (Lipinski definition) is 0. The first-order valence-electron chi connectivity index (χ1n) is 6.64. The topological polar surface area (TPSA) is 44.8 Å². The number of carbonyl (C=O) groups excluding carboxylic acids is 1. The Labute approximate surface area is 119 Å². The SMILES string of the molecule is C=CCc1cc(COC)cc2c1OCC(C(=O)OC)C2. The number of benzene rings is 1. The van der Waals surface area contributed by atoms with E-state index in [0.717, 1.165) is 28.9 Å². The van der Waals surface area contributed by atoms with Crippen LogP contribution in [0, 0.1) is 5.92 Å². The number of ether oxygens (including phenoxy) is 3. The minimum absolute atomic E-state index is 0.224. The van der Waals surface area contributed by atoms with E-state index in [-0.39, 0.29) is 11.9 Å². The number of esters is 1. The van der Waals surface area contributed by atoms with Crippen molar-refractivity contribution in [3.8, 4) is 5.75 Å². The van der Waals surface area contributed by atoms with Crippen LogP contribution in [0.5, 0.6) is 5.75 Å². The number of carbonyl (C=O) groups is 1. The summed E-state index contributed by atoms with van der Waals surface area (Å²) in [5.41, 5.74) is 3.21. The monoisotopic (exact) mass is 276 g/mol. The molecule has 1 atom stereocenters. The van der Waals surface area contributed by atoms with Crippen molar-refractivity contribution in [1.29, 1.82) is 0 Å². The van der Waals surface area contributed by atoms with Crippen molar-refractivity contribution in [3.63, 3.8) is 0 Å². The normalized spacial score (nSPS) is 17.0. The molecule has 4 nitrogen and oxygen atoms in total. The van der Waals surface area contributed by atoms with Crippen LogP contribution < -0.4 is 4.74 Å². The van der Waals surface area contributed by atoms with Crippen molar-refractivity contribution in [3.05, 3.63) is 41.5 Å².